The second-order valence-electron chi connectivity index (χ2n) is 3.90. The number of unbranched alkanes of at least 4 members (excludes halogenated alkanes) is 1. The maximum absolute atomic E-state index is 8.98. The third-order valence-electron chi connectivity index (χ3n) is 1.94. The Bertz CT molecular complexity index is 239. The summed E-state index contributed by atoms with van der Waals surface area (Å²) in [6.45, 7) is 5.28. The van der Waals surface area contributed by atoms with E-state index in [2.05, 4.69) is 18.7 Å². The maximum Gasteiger partial charge on any atom is 0.115 e. The molecular formula is C13H23NO. The van der Waals surface area contributed by atoms with Crippen molar-refractivity contribution in [3.8, 4) is 5.75 Å². The average Bonchev–Trinajstić information content (AvgIpc) is 2.21. The van der Waals surface area contributed by atoms with Crippen molar-refractivity contribution in [2.75, 3.05) is 14.1 Å². The van der Waals surface area contributed by atoms with Gasteiger partial charge in [0.1, 0.15) is 5.75 Å². The van der Waals surface area contributed by atoms with E-state index in [1.165, 1.54) is 18.4 Å². The van der Waals surface area contributed by atoms with Crippen LogP contribution in [0.15, 0.2) is 24.3 Å². The lowest BCUT2D eigenvalue weighted by Gasteiger charge is -2.08. The number of nitrogens with zero attached hydrogens (tertiary/aromatic N) is 1. The zero-order chi connectivity index (χ0) is 11.7. The molecule has 2 heteroatoms. The van der Waals surface area contributed by atoms with Gasteiger partial charge in [-0.1, -0.05) is 38.8 Å². The molecule has 0 spiro atoms. The number of hydrogen-bond donors (Lipinski definition) is 1. The van der Waals surface area contributed by atoms with Gasteiger partial charge in [-0.05, 0) is 31.8 Å². The van der Waals surface area contributed by atoms with Crippen LogP contribution in [-0.2, 0) is 6.54 Å². The molecule has 86 valence electrons. The summed E-state index contributed by atoms with van der Waals surface area (Å²) in [5, 5.41) is 8.98. The van der Waals surface area contributed by atoms with Crippen molar-refractivity contribution in [2.24, 2.45) is 0 Å². The summed E-state index contributed by atoms with van der Waals surface area (Å²) in [5.41, 5.74) is 1.22. The fraction of sp³-hybridized carbons (Fsp3) is 0.538. The van der Waals surface area contributed by atoms with Crippen molar-refractivity contribution in [1.82, 2.24) is 4.90 Å². The second kappa shape index (κ2) is 8.30. The van der Waals surface area contributed by atoms with Gasteiger partial charge >= 0.3 is 0 Å². The Morgan fingerprint density at radius 3 is 1.80 bits per heavy atom. The molecule has 15 heavy (non-hydrogen) atoms. The van der Waals surface area contributed by atoms with Gasteiger partial charge in [0.2, 0.25) is 0 Å². The Hall–Kier alpha value is -1.02. The highest BCUT2D eigenvalue weighted by Gasteiger charge is 1.93. The van der Waals surface area contributed by atoms with Crippen molar-refractivity contribution >= 4 is 0 Å². The third-order valence-corrected chi connectivity index (χ3v) is 1.94. The van der Waals surface area contributed by atoms with E-state index >= 15 is 0 Å². The first-order valence-electron chi connectivity index (χ1n) is 5.52. The Labute approximate surface area is 93.5 Å². The summed E-state index contributed by atoms with van der Waals surface area (Å²) >= 11 is 0. The van der Waals surface area contributed by atoms with Crippen LogP contribution in [0.4, 0.5) is 0 Å². The molecule has 0 unspecified atom stereocenters. The molecule has 0 aliphatic heterocycles. The van der Waals surface area contributed by atoms with Gasteiger partial charge in [-0.3, -0.25) is 0 Å². The number of rotatable bonds is 3. The minimum atomic E-state index is 0.326. The normalized spacial score (nSPS) is 9.67. The van der Waals surface area contributed by atoms with Gasteiger partial charge in [-0.2, -0.15) is 0 Å². The number of benzene rings is 1. The lowest BCUT2D eigenvalue weighted by Crippen LogP contribution is -2.10. The quantitative estimate of drug-likeness (QED) is 0.826. The van der Waals surface area contributed by atoms with Crippen molar-refractivity contribution in [1.29, 1.82) is 0 Å². The van der Waals surface area contributed by atoms with E-state index in [0.29, 0.717) is 5.75 Å². The van der Waals surface area contributed by atoms with Crippen LogP contribution >= 0.6 is 0 Å². The Kier molecular flexibility index (Phi) is 7.74. The zero-order valence-corrected chi connectivity index (χ0v) is 10.3. The van der Waals surface area contributed by atoms with Gasteiger partial charge in [0, 0.05) is 6.54 Å². The lowest BCUT2D eigenvalue weighted by molar-refractivity contribution is 0.402. The fourth-order valence-corrected chi connectivity index (χ4v) is 0.967. The first kappa shape index (κ1) is 14.0. The Morgan fingerprint density at radius 1 is 1.00 bits per heavy atom. The van der Waals surface area contributed by atoms with Crippen LogP contribution in [0.1, 0.15) is 32.3 Å². The summed E-state index contributed by atoms with van der Waals surface area (Å²) in [5.74, 6) is 0.326. The Balaban J connectivity index is 0.000000423. The van der Waals surface area contributed by atoms with E-state index in [-0.39, 0.29) is 0 Å². The topological polar surface area (TPSA) is 23.5 Å². The number of phenolic OH excluding ortho intramolecular Hbond substituents is 1. The molecule has 0 aromatic heterocycles. The average molecular weight is 209 g/mol. The fourth-order valence-electron chi connectivity index (χ4n) is 0.967. The first-order valence-corrected chi connectivity index (χ1v) is 5.52. The van der Waals surface area contributed by atoms with Gasteiger partial charge < -0.3 is 10.0 Å². The molecule has 0 aliphatic carbocycles. The number of phenols is 1. The second-order valence-corrected chi connectivity index (χ2v) is 3.90. The highest BCUT2D eigenvalue weighted by Crippen LogP contribution is 2.10. The molecule has 0 atom stereocenters. The van der Waals surface area contributed by atoms with Crippen molar-refractivity contribution in [3.05, 3.63) is 29.8 Å². The molecule has 2 nitrogen and oxygen atoms in total. The first-order chi connectivity index (χ1) is 7.10. The maximum atomic E-state index is 8.98. The summed E-state index contributed by atoms with van der Waals surface area (Å²) < 4.78 is 0. The molecule has 0 heterocycles. The Morgan fingerprint density at radius 2 is 1.47 bits per heavy atom. The van der Waals surface area contributed by atoms with Gasteiger partial charge in [0.15, 0.2) is 0 Å². The molecule has 0 saturated carbocycles. The summed E-state index contributed by atoms with van der Waals surface area (Å²) in [6, 6.07) is 7.27. The molecule has 0 fully saturated rings. The minimum absolute atomic E-state index is 0.326. The largest absolute Gasteiger partial charge is 0.508 e. The summed E-state index contributed by atoms with van der Waals surface area (Å²) in [7, 11) is 4.04. The lowest BCUT2D eigenvalue weighted by atomic mass is 10.2. The van der Waals surface area contributed by atoms with Crippen LogP contribution < -0.4 is 0 Å². The molecule has 1 aromatic carbocycles. The number of hydrogen-bond acceptors (Lipinski definition) is 2. The molecule has 0 aliphatic rings. The zero-order valence-electron chi connectivity index (χ0n) is 10.3. The highest BCUT2D eigenvalue weighted by molar-refractivity contribution is 5.25. The van der Waals surface area contributed by atoms with Crippen LogP contribution in [0.3, 0.4) is 0 Å². The van der Waals surface area contributed by atoms with Crippen molar-refractivity contribution < 1.29 is 5.11 Å². The van der Waals surface area contributed by atoms with Gasteiger partial charge in [0.05, 0.1) is 0 Å². The monoisotopic (exact) mass is 209 g/mol. The van der Waals surface area contributed by atoms with Crippen LogP contribution in [0.2, 0.25) is 0 Å². The van der Waals surface area contributed by atoms with Crippen LogP contribution in [0, 0.1) is 0 Å². The van der Waals surface area contributed by atoms with Crippen molar-refractivity contribution in [2.45, 2.75) is 33.2 Å². The molecule has 0 bridgehead atoms. The predicted octanol–water partition coefficient (Wildman–Crippen LogP) is 3.26. The molecule has 0 saturated heterocycles. The number of aromatic hydroxyl groups is 1. The third kappa shape index (κ3) is 8.01. The molecule has 1 N–H and O–H groups in total. The smallest absolute Gasteiger partial charge is 0.115 e. The molecule has 1 aromatic rings. The van der Waals surface area contributed by atoms with Crippen LogP contribution in [-0.4, -0.2) is 24.1 Å². The van der Waals surface area contributed by atoms with Crippen LogP contribution in [0.25, 0.3) is 0 Å². The SMILES string of the molecule is CCCC.CN(C)Cc1ccc(O)cc1. The summed E-state index contributed by atoms with van der Waals surface area (Å²) in [6.07, 6.45) is 2.64. The minimum Gasteiger partial charge on any atom is -0.508 e. The predicted molar refractivity (Wildman–Crippen MR) is 66.1 cm³/mol. The van der Waals surface area contributed by atoms with Crippen LogP contribution in [0.5, 0.6) is 5.75 Å². The van der Waals surface area contributed by atoms with E-state index in [1.807, 2.05) is 26.2 Å². The van der Waals surface area contributed by atoms with E-state index in [9.17, 15) is 0 Å². The molecule has 0 radical (unpaired) electrons. The molecule has 1 rings (SSSR count). The highest BCUT2D eigenvalue weighted by atomic mass is 16.3. The van der Waals surface area contributed by atoms with Gasteiger partial charge in [-0.25, -0.2) is 0 Å². The molecular weight excluding hydrogens is 186 g/mol. The standard InChI is InChI=1S/C9H13NO.C4H10/c1-10(2)7-8-3-5-9(11)6-4-8;1-3-4-2/h3-6,11H,7H2,1-2H3;3-4H2,1-2H3. The molecule has 0 amide bonds. The summed E-state index contributed by atoms with van der Waals surface area (Å²) in [4.78, 5) is 2.09. The van der Waals surface area contributed by atoms with Crippen molar-refractivity contribution in [3.63, 3.8) is 0 Å². The van der Waals surface area contributed by atoms with E-state index in [1.54, 1.807) is 12.1 Å². The van der Waals surface area contributed by atoms with Gasteiger partial charge in [0.25, 0.3) is 0 Å². The van der Waals surface area contributed by atoms with E-state index < -0.39 is 0 Å². The van der Waals surface area contributed by atoms with E-state index in [4.69, 9.17) is 5.11 Å². The van der Waals surface area contributed by atoms with Gasteiger partial charge in [-0.15, -0.1) is 0 Å². The van der Waals surface area contributed by atoms with E-state index in [0.717, 1.165) is 6.54 Å².